The SMILES string of the molecule is CC(Cc1cccs1)NC(=O)c1ccc(CNS(C)(=O)=O)o1. The van der Waals surface area contributed by atoms with Crippen LogP contribution in [-0.2, 0) is 23.0 Å². The van der Waals surface area contributed by atoms with E-state index in [0.717, 1.165) is 12.7 Å². The van der Waals surface area contributed by atoms with Gasteiger partial charge in [-0.3, -0.25) is 4.79 Å². The minimum Gasteiger partial charge on any atom is -0.455 e. The molecule has 2 aromatic heterocycles. The van der Waals surface area contributed by atoms with E-state index >= 15 is 0 Å². The van der Waals surface area contributed by atoms with E-state index in [1.807, 2.05) is 24.4 Å². The molecule has 22 heavy (non-hydrogen) atoms. The van der Waals surface area contributed by atoms with Gasteiger partial charge in [-0.1, -0.05) is 6.07 Å². The quantitative estimate of drug-likeness (QED) is 0.802. The van der Waals surface area contributed by atoms with Gasteiger partial charge in [-0.15, -0.1) is 11.3 Å². The van der Waals surface area contributed by atoms with Gasteiger partial charge in [0.05, 0.1) is 12.8 Å². The lowest BCUT2D eigenvalue weighted by Crippen LogP contribution is -2.33. The summed E-state index contributed by atoms with van der Waals surface area (Å²) in [5.41, 5.74) is 0. The van der Waals surface area contributed by atoms with Gasteiger partial charge >= 0.3 is 0 Å². The molecule has 0 spiro atoms. The Labute approximate surface area is 133 Å². The minimum atomic E-state index is -3.29. The molecule has 6 nitrogen and oxygen atoms in total. The summed E-state index contributed by atoms with van der Waals surface area (Å²) in [6.07, 6.45) is 1.82. The van der Waals surface area contributed by atoms with Crippen molar-refractivity contribution in [2.75, 3.05) is 6.26 Å². The fraction of sp³-hybridized carbons (Fsp3) is 0.357. The molecule has 0 aliphatic rings. The number of sulfonamides is 1. The number of hydrogen-bond donors (Lipinski definition) is 2. The third kappa shape index (κ3) is 5.28. The van der Waals surface area contributed by atoms with Crippen molar-refractivity contribution in [3.63, 3.8) is 0 Å². The summed E-state index contributed by atoms with van der Waals surface area (Å²) in [5.74, 6) is 0.250. The van der Waals surface area contributed by atoms with Crippen molar-refractivity contribution < 1.29 is 17.6 Å². The number of hydrogen-bond acceptors (Lipinski definition) is 5. The van der Waals surface area contributed by atoms with Gasteiger partial charge in [0.2, 0.25) is 10.0 Å². The normalized spacial score (nSPS) is 13.0. The number of carbonyl (C=O) groups excluding carboxylic acids is 1. The molecule has 8 heteroatoms. The van der Waals surface area contributed by atoms with Crippen LogP contribution in [0, 0.1) is 0 Å². The van der Waals surface area contributed by atoms with Crippen LogP contribution in [0.15, 0.2) is 34.1 Å². The van der Waals surface area contributed by atoms with Crippen LogP contribution in [0.25, 0.3) is 0 Å². The lowest BCUT2D eigenvalue weighted by molar-refractivity contribution is 0.0910. The molecule has 1 amide bonds. The molecule has 1 atom stereocenters. The van der Waals surface area contributed by atoms with E-state index in [4.69, 9.17) is 4.42 Å². The zero-order chi connectivity index (χ0) is 16.2. The summed E-state index contributed by atoms with van der Waals surface area (Å²) in [4.78, 5) is 13.3. The summed E-state index contributed by atoms with van der Waals surface area (Å²) < 4.78 is 29.7. The molecule has 0 aliphatic carbocycles. The van der Waals surface area contributed by atoms with Crippen LogP contribution in [0.4, 0.5) is 0 Å². The average Bonchev–Trinajstić information content (AvgIpc) is 3.05. The Hall–Kier alpha value is -1.64. The van der Waals surface area contributed by atoms with Gasteiger partial charge in [0.25, 0.3) is 5.91 Å². The predicted molar refractivity (Wildman–Crippen MR) is 85.3 cm³/mol. The first-order valence-electron chi connectivity index (χ1n) is 6.70. The van der Waals surface area contributed by atoms with E-state index in [0.29, 0.717) is 5.76 Å². The smallest absolute Gasteiger partial charge is 0.287 e. The molecule has 0 bridgehead atoms. The van der Waals surface area contributed by atoms with Crippen LogP contribution in [-0.4, -0.2) is 26.6 Å². The van der Waals surface area contributed by atoms with Crippen molar-refractivity contribution in [3.8, 4) is 0 Å². The predicted octanol–water partition coefficient (Wildman–Crippen LogP) is 1.75. The first-order chi connectivity index (χ1) is 10.3. The first-order valence-corrected chi connectivity index (χ1v) is 9.47. The molecule has 2 N–H and O–H groups in total. The van der Waals surface area contributed by atoms with E-state index in [2.05, 4.69) is 10.0 Å². The van der Waals surface area contributed by atoms with E-state index in [-0.39, 0.29) is 24.3 Å². The summed E-state index contributed by atoms with van der Waals surface area (Å²) in [6, 6.07) is 7.09. The van der Waals surface area contributed by atoms with Crippen molar-refractivity contribution in [3.05, 3.63) is 46.0 Å². The van der Waals surface area contributed by atoms with Crippen LogP contribution in [0.5, 0.6) is 0 Å². The Balaban J connectivity index is 1.88. The second kappa shape index (κ2) is 7.08. The molecule has 0 saturated carbocycles. The zero-order valence-electron chi connectivity index (χ0n) is 12.3. The van der Waals surface area contributed by atoms with Crippen LogP contribution in [0.1, 0.15) is 28.1 Å². The Morgan fingerprint density at radius 2 is 2.14 bits per heavy atom. The van der Waals surface area contributed by atoms with Crippen molar-refractivity contribution >= 4 is 27.3 Å². The number of furan rings is 1. The second-order valence-electron chi connectivity index (χ2n) is 5.02. The monoisotopic (exact) mass is 342 g/mol. The summed E-state index contributed by atoms with van der Waals surface area (Å²) in [6.45, 7) is 1.95. The highest BCUT2D eigenvalue weighted by Gasteiger charge is 2.15. The Morgan fingerprint density at radius 1 is 1.36 bits per heavy atom. The topological polar surface area (TPSA) is 88.4 Å². The Morgan fingerprint density at radius 3 is 2.77 bits per heavy atom. The van der Waals surface area contributed by atoms with Crippen molar-refractivity contribution in [1.29, 1.82) is 0 Å². The molecule has 1 unspecified atom stereocenters. The molecule has 2 aromatic rings. The summed E-state index contributed by atoms with van der Waals surface area (Å²) >= 11 is 1.65. The number of nitrogens with one attached hydrogen (secondary N) is 2. The van der Waals surface area contributed by atoms with Crippen LogP contribution >= 0.6 is 11.3 Å². The third-order valence-electron chi connectivity index (χ3n) is 2.86. The molecule has 0 saturated heterocycles. The van der Waals surface area contributed by atoms with Crippen LogP contribution in [0.2, 0.25) is 0 Å². The Bertz CT molecular complexity index is 720. The van der Waals surface area contributed by atoms with E-state index in [1.165, 1.54) is 10.9 Å². The largest absolute Gasteiger partial charge is 0.455 e. The molecular weight excluding hydrogens is 324 g/mol. The van der Waals surface area contributed by atoms with Gasteiger partial charge in [0.15, 0.2) is 5.76 Å². The molecule has 0 aromatic carbocycles. The average molecular weight is 342 g/mol. The zero-order valence-corrected chi connectivity index (χ0v) is 14.0. The highest BCUT2D eigenvalue weighted by molar-refractivity contribution is 7.88. The number of amides is 1. The minimum absolute atomic E-state index is 0.0196. The van der Waals surface area contributed by atoms with Gasteiger partial charge in [-0.2, -0.15) is 0 Å². The lowest BCUT2D eigenvalue weighted by atomic mass is 10.2. The molecular formula is C14H18N2O4S2. The fourth-order valence-corrected chi connectivity index (χ4v) is 3.11. The highest BCUT2D eigenvalue weighted by atomic mass is 32.2. The van der Waals surface area contributed by atoms with Gasteiger partial charge in [0, 0.05) is 17.3 Å². The van der Waals surface area contributed by atoms with Crippen LogP contribution in [0.3, 0.4) is 0 Å². The lowest BCUT2D eigenvalue weighted by Gasteiger charge is -2.11. The standard InChI is InChI=1S/C14H18N2O4S2/c1-10(8-12-4-3-7-21-12)16-14(17)13-6-5-11(20-13)9-15-22(2,18)19/h3-7,10,15H,8-9H2,1-2H3,(H,16,17). The van der Waals surface area contributed by atoms with E-state index in [1.54, 1.807) is 17.4 Å². The highest BCUT2D eigenvalue weighted by Crippen LogP contribution is 2.12. The maximum absolute atomic E-state index is 12.1. The first kappa shape index (κ1) is 16.7. The maximum Gasteiger partial charge on any atom is 0.287 e. The molecule has 0 fully saturated rings. The second-order valence-corrected chi connectivity index (χ2v) is 7.88. The van der Waals surface area contributed by atoms with Gasteiger partial charge in [-0.05, 0) is 30.5 Å². The van der Waals surface area contributed by atoms with Crippen molar-refractivity contribution in [2.45, 2.75) is 25.9 Å². The van der Waals surface area contributed by atoms with Crippen LogP contribution < -0.4 is 10.0 Å². The number of thiophene rings is 1. The fourth-order valence-electron chi connectivity index (χ4n) is 1.87. The molecule has 0 radical (unpaired) electrons. The van der Waals surface area contributed by atoms with E-state index in [9.17, 15) is 13.2 Å². The van der Waals surface area contributed by atoms with Gasteiger partial charge in [-0.25, -0.2) is 13.1 Å². The Kier molecular flexibility index (Phi) is 5.38. The summed E-state index contributed by atoms with van der Waals surface area (Å²) in [7, 11) is -3.29. The number of carbonyl (C=O) groups is 1. The van der Waals surface area contributed by atoms with Crippen molar-refractivity contribution in [1.82, 2.24) is 10.0 Å². The molecule has 2 rings (SSSR count). The summed E-state index contributed by atoms with van der Waals surface area (Å²) in [5, 5.41) is 4.85. The molecule has 120 valence electrons. The molecule has 2 heterocycles. The number of rotatable bonds is 7. The maximum atomic E-state index is 12.1. The van der Waals surface area contributed by atoms with Gasteiger partial charge < -0.3 is 9.73 Å². The van der Waals surface area contributed by atoms with E-state index < -0.39 is 10.0 Å². The van der Waals surface area contributed by atoms with Gasteiger partial charge in [0.1, 0.15) is 5.76 Å². The van der Waals surface area contributed by atoms with Crippen molar-refractivity contribution in [2.24, 2.45) is 0 Å². The molecule has 0 aliphatic heterocycles. The third-order valence-corrected chi connectivity index (χ3v) is 4.43.